The van der Waals surface area contributed by atoms with Crippen molar-refractivity contribution in [2.24, 2.45) is 5.92 Å². The van der Waals surface area contributed by atoms with Crippen molar-refractivity contribution in [2.45, 2.75) is 129 Å². The Labute approximate surface area is 328 Å². The van der Waals surface area contributed by atoms with Gasteiger partial charge >= 0.3 is 6.09 Å². The average Bonchev–Trinajstić information content (AvgIpc) is 3.78. The molecular weight excluding hydrogens is 700 g/mol. The number of fused-ring (bicyclic) bond motifs is 1. The van der Waals surface area contributed by atoms with Crippen molar-refractivity contribution >= 4 is 23.8 Å². The van der Waals surface area contributed by atoms with Crippen LogP contribution in [-0.2, 0) is 46.4 Å². The highest BCUT2D eigenvalue weighted by atomic mass is 16.6. The maximum Gasteiger partial charge on any atom is 0.410 e. The van der Waals surface area contributed by atoms with Crippen LogP contribution in [0.3, 0.4) is 0 Å². The maximum absolute atomic E-state index is 14.0. The van der Waals surface area contributed by atoms with Crippen LogP contribution in [-0.4, -0.2) is 103 Å². The lowest BCUT2D eigenvalue weighted by molar-refractivity contribution is -0.143. The molecule has 2 aliphatic rings. The summed E-state index contributed by atoms with van der Waals surface area (Å²) in [5.74, 6) is -1.28. The molecule has 0 unspecified atom stereocenters. The molecule has 12 nitrogen and oxygen atoms in total. The second-order valence-corrected chi connectivity index (χ2v) is 16.1. The van der Waals surface area contributed by atoms with Gasteiger partial charge in [-0.2, -0.15) is 0 Å². The number of likely N-dealkylation sites (N-methyl/N-ethyl adjacent to an activating group) is 1. The molecule has 0 bridgehead atoms. The van der Waals surface area contributed by atoms with E-state index in [1.165, 1.54) is 17.5 Å². The highest BCUT2D eigenvalue weighted by Crippen LogP contribution is 2.34. The summed E-state index contributed by atoms with van der Waals surface area (Å²) in [7, 11) is 1.49. The fraction of sp³-hybridized carbons (Fsp3) is 0.628. The number of hydrogen-bond donors (Lipinski definition) is 2. The molecule has 4 amide bonds. The van der Waals surface area contributed by atoms with Gasteiger partial charge in [-0.1, -0.05) is 68.4 Å². The minimum atomic E-state index is -0.881. The zero-order valence-electron chi connectivity index (χ0n) is 34.0. The van der Waals surface area contributed by atoms with Crippen LogP contribution in [0.4, 0.5) is 4.79 Å². The summed E-state index contributed by atoms with van der Waals surface area (Å²) in [5, 5.41) is 6.10. The first-order valence-corrected chi connectivity index (χ1v) is 20.0. The smallest absolute Gasteiger partial charge is 0.410 e. The Morgan fingerprint density at radius 3 is 2.25 bits per heavy atom. The highest BCUT2D eigenvalue weighted by molar-refractivity contribution is 5.94. The Morgan fingerprint density at radius 2 is 1.55 bits per heavy atom. The molecule has 304 valence electrons. The second kappa shape index (κ2) is 21.3. The minimum absolute atomic E-state index is 0.234. The van der Waals surface area contributed by atoms with Gasteiger partial charge in [-0.05, 0) is 88.8 Å². The molecule has 4 rings (SSSR count). The quantitative estimate of drug-likeness (QED) is 0.158. The topological polar surface area (TPSA) is 136 Å². The van der Waals surface area contributed by atoms with Gasteiger partial charge in [-0.15, -0.1) is 0 Å². The maximum atomic E-state index is 14.0. The van der Waals surface area contributed by atoms with E-state index in [1.807, 2.05) is 50.2 Å². The fourth-order valence-electron chi connectivity index (χ4n) is 6.92. The number of benzene rings is 2. The number of unbranched alkanes of at least 4 members (excludes halogenated alkanes) is 2. The lowest BCUT2D eigenvalue weighted by Crippen LogP contribution is -2.58. The number of ether oxygens (including phenoxy) is 4. The lowest BCUT2D eigenvalue weighted by atomic mass is 10.0. The molecule has 0 radical (unpaired) electrons. The predicted octanol–water partition coefficient (Wildman–Crippen LogP) is 5.97. The van der Waals surface area contributed by atoms with Crippen molar-refractivity contribution in [3.8, 4) is 0 Å². The molecule has 0 aromatic heterocycles. The standard InChI is InChI=1S/C43H64N4O8/c1-30(2)37(44-39(48)31(3)46(7)42(51)55-43(4,5)6)41(50)47-23-16-22-35(47)40(49)45-38-34-21-13-12-20-33(34)28-36(38)54-27-17-26-52-24-14-9-15-25-53-29-32-18-10-8-11-19-32/h8,10-13,18-21,30-31,35-38H,9,14-17,22-29H2,1-7H3,(H,44,48)(H,45,49)/t31-,35-,36+,37-,38-/m0/s1. The van der Waals surface area contributed by atoms with E-state index < -0.39 is 35.7 Å². The molecule has 2 aromatic carbocycles. The zero-order valence-corrected chi connectivity index (χ0v) is 34.0. The largest absolute Gasteiger partial charge is 0.444 e. The van der Waals surface area contributed by atoms with Gasteiger partial charge in [0.2, 0.25) is 17.7 Å². The molecule has 0 saturated carbocycles. The van der Waals surface area contributed by atoms with E-state index in [2.05, 4.69) is 28.8 Å². The monoisotopic (exact) mass is 764 g/mol. The molecule has 0 spiro atoms. The summed E-state index contributed by atoms with van der Waals surface area (Å²) in [4.78, 5) is 56.7. The summed E-state index contributed by atoms with van der Waals surface area (Å²) < 4.78 is 23.4. The van der Waals surface area contributed by atoms with E-state index >= 15 is 0 Å². The van der Waals surface area contributed by atoms with Crippen LogP contribution in [0.25, 0.3) is 0 Å². The third kappa shape index (κ3) is 13.3. The molecule has 2 N–H and O–H groups in total. The molecule has 1 heterocycles. The number of rotatable bonds is 20. The first-order valence-electron chi connectivity index (χ1n) is 20.0. The van der Waals surface area contributed by atoms with Crippen molar-refractivity contribution < 1.29 is 38.1 Å². The predicted molar refractivity (Wildman–Crippen MR) is 211 cm³/mol. The number of carbonyl (C=O) groups excluding carboxylic acids is 4. The normalized spacial score (nSPS) is 19.1. The molecule has 2 aromatic rings. The summed E-state index contributed by atoms with van der Waals surface area (Å²) >= 11 is 0. The van der Waals surface area contributed by atoms with E-state index in [0.717, 1.165) is 43.4 Å². The average molecular weight is 765 g/mol. The zero-order chi connectivity index (χ0) is 40.0. The van der Waals surface area contributed by atoms with Gasteiger partial charge in [0.05, 0.1) is 18.8 Å². The van der Waals surface area contributed by atoms with Crippen LogP contribution < -0.4 is 10.6 Å². The Morgan fingerprint density at radius 1 is 0.873 bits per heavy atom. The van der Waals surface area contributed by atoms with Crippen molar-refractivity contribution in [3.63, 3.8) is 0 Å². The Bertz CT molecular complexity index is 1530. The SMILES string of the molecule is CC(C)[C@H](NC(=O)[C@H](C)N(C)C(=O)OC(C)(C)C)C(=O)N1CCC[C@H]1C(=O)N[C@H]1c2ccccc2C[C@H]1OCCCOCCCCCOCc1ccccc1. The molecule has 12 heteroatoms. The summed E-state index contributed by atoms with van der Waals surface area (Å²) in [6.07, 6.45) is 4.78. The van der Waals surface area contributed by atoms with E-state index in [-0.39, 0.29) is 29.9 Å². The van der Waals surface area contributed by atoms with Gasteiger partial charge in [0, 0.05) is 46.4 Å². The molecular formula is C43H64N4O8. The van der Waals surface area contributed by atoms with Crippen LogP contribution >= 0.6 is 0 Å². The summed E-state index contributed by atoms with van der Waals surface area (Å²) in [6, 6.07) is 15.5. The third-order valence-corrected chi connectivity index (χ3v) is 10.1. The van der Waals surface area contributed by atoms with Crippen LogP contribution in [0.5, 0.6) is 0 Å². The van der Waals surface area contributed by atoms with Crippen LogP contribution in [0.15, 0.2) is 54.6 Å². The molecule has 5 atom stereocenters. The molecule has 1 aliphatic carbocycles. The first kappa shape index (κ1) is 43.7. The molecule has 1 aliphatic heterocycles. The summed E-state index contributed by atoms with van der Waals surface area (Å²) in [5.41, 5.74) is 2.63. The van der Waals surface area contributed by atoms with E-state index in [1.54, 1.807) is 32.6 Å². The third-order valence-electron chi connectivity index (χ3n) is 10.1. The van der Waals surface area contributed by atoms with Gasteiger partial charge in [0.1, 0.15) is 23.7 Å². The van der Waals surface area contributed by atoms with Crippen molar-refractivity contribution in [1.29, 1.82) is 0 Å². The Balaban J connectivity index is 1.24. The number of carbonyl (C=O) groups is 4. The van der Waals surface area contributed by atoms with Gasteiger partial charge in [0.15, 0.2) is 0 Å². The van der Waals surface area contributed by atoms with Crippen molar-refractivity contribution in [3.05, 3.63) is 71.3 Å². The second-order valence-electron chi connectivity index (χ2n) is 16.1. The number of nitrogens with zero attached hydrogens (tertiary/aromatic N) is 2. The molecule has 1 saturated heterocycles. The number of hydrogen-bond acceptors (Lipinski definition) is 8. The van der Waals surface area contributed by atoms with Crippen LogP contribution in [0, 0.1) is 5.92 Å². The number of likely N-dealkylation sites (tertiary alicyclic amines) is 1. The lowest BCUT2D eigenvalue weighted by Gasteiger charge is -2.33. The molecule has 55 heavy (non-hydrogen) atoms. The summed E-state index contributed by atoms with van der Waals surface area (Å²) in [6.45, 7) is 14.2. The molecule has 1 fully saturated rings. The van der Waals surface area contributed by atoms with Gasteiger partial charge < -0.3 is 34.5 Å². The Hall–Kier alpha value is -4.00. The van der Waals surface area contributed by atoms with E-state index in [9.17, 15) is 19.2 Å². The van der Waals surface area contributed by atoms with E-state index in [4.69, 9.17) is 18.9 Å². The minimum Gasteiger partial charge on any atom is -0.444 e. The van der Waals surface area contributed by atoms with Crippen molar-refractivity contribution in [1.82, 2.24) is 20.4 Å². The Kier molecular flexibility index (Phi) is 17.0. The van der Waals surface area contributed by atoms with Crippen LogP contribution in [0.2, 0.25) is 0 Å². The van der Waals surface area contributed by atoms with Gasteiger partial charge in [0.25, 0.3) is 0 Å². The first-order chi connectivity index (χ1) is 26.3. The highest BCUT2D eigenvalue weighted by Gasteiger charge is 2.42. The van der Waals surface area contributed by atoms with Gasteiger partial charge in [-0.3, -0.25) is 19.3 Å². The fourth-order valence-corrected chi connectivity index (χ4v) is 6.92. The van der Waals surface area contributed by atoms with Crippen molar-refractivity contribution in [2.75, 3.05) is 40.0 Å². The number of nitrogens with one attached hydrogen (secondary N) is 2. The van der Waals surface area contributed by atoms with E-state index in [0.29, 0.717) is 52.2 Å². The van der Waals surface area contributed by atoms with Gasteiger partial charge in [-0.25, -0.2) is 4.79 Å². The van der Waals surface area contributed by atoms with Crippen LogP contribution in [0.1, 0.15) is 103 Å². The number of amides is 4.